The molecular formula is C10H10Cl2N2O. The van der Waals surface area contributed by atoms with Crippen molar-refractivity contribution < 1.29 is 4.79 Å². The smallest absolute Gasteiger partial charge is 0.319 e. The summed E-state index contributed by atoms with van der Waals surface area (Å²) < 4.78 is 0. The maximum Gasteiger partial charge on any atom is 0.319 e. The molecule has 15 heavy (non-hydrogen) atoms. The fourth-order valence-corrected chi connectivity index (χ4v) is 1.08. The van der Waals surface area contributed by atoms with E-state index in [-0.39, 0.29) is 12.6 Å². The Balaban J connectivity index is 2.44. The van der Waals surface area contributed by atoms with Crippen LogP contribution in [0, 0.1) is 0 Å². The van der Waals surface area contributed by atoms with Crippen LogP contribution in [-0.4, -0.2) is 12.6 Å². The lowest BCUT2D eigenvalue weighted by atomic mass is 10.3. The lowest BCUT2D eigenvalue weighted by Crippen LogP contribution is -2.29. The SMILES string of the molecule is C=C(Cl)CNC(=O)Nc1ccc(Cl)cc1. The molecule has 0 saturated carbocycles. The van der Waals surface area contributed by atoms with Crippen LogP contribution in [-0.2, 0) is 0 Å². The summed E-state index contributed by atoms with van der Waals surface area (Å²) in [5, 5.41) is 6.14. The molecule has 0 radical (unpaired) electrons. The lowest BCUT2D eigenvalue weighted by molar-refractivity contribution is 0.253. The standard InChI is InChI=1S/C10H10Cl2N2O/c1-7(11)6-13-10(15)14-9-4-2-8(12)3-5-9/h2-5H,1,6H2,(H2,13,14,15). The molecule has 5 heteroatoms. The van der Waals surface area contributed by atoms with E-state index in [9.17, 15) is 4.79 Å². The van der Waals surface area contributed by atoms with Crippen LogP contribution >= 0.6 is 23.2 Å². The van der Waals surface area contributed by atoms with E-state index in [1.165, 1.54) is 0 Å². The van der Waals surface area contributed by atoms with E-state index >= 15 is 0 Å². The van der Waals surface area contributed by atoms with E-state index in [0.29, 0.717) is 15.7 Å². The number of amides is 2. The fourth-order valence-electron chi connectivity index (χ4n) is 0.885. The van der Waals surface area contributed by atoms with E-state index < -0.39 is 0 Å². The topological polar surface area (TPSA) is 41.1 Å². The first-order valence-corrected chi connectivity index (χ1v) is 4.97. The highest BCUT2D eigenvalue weighted by molar-refractivity contribution is 6.30. The molecule has 3 nitrogen and oxygen atoms in total. The second-order valence-electron chi connectivity index (χ2n) is 2.83. The average Bonchev–Trinajstić information content (AvgIpc) is 2.19. The molecule has 2 N–H and O–H groups in total. The molecule has 0 bridgehead atoms. The number of anilines is 1. The number of carbonyl (C=O) groups is 1. The molecule has 0 aliphatic heterocycles. The van der Waals surface area contributed by atoms with Crippen molar-refractivity contribution >= 4 is 34.9 Å². The minimum Gasteiger partial charge on any atom is -0.333 e. The van der Waals surface area contributed by atoms with E-state index in [2.05, 4.69) is 17.2 Å². The van der Waals surface area contributed by atoms with E-state index in [0.717, 1.165) is 0 Å². The molecule has 1 aromatic carbocycles. The largest absolute Gasteiger partial charge is 0.333 e. The first kappa shape index (κ1) is 11.9. The van der Waals surface area contributed by atoms with Crippen LogP contribution in [0.25, 0.3) is 0 Å². The zero-order chi connectivity index (χ0) is 11.3. The van der Waals surface area contributed by atoms with Crippen molar-refractivity contribution in [2.75, 3.05) is 11.9 Å². The Morgan fingerprint density at radius 3 is 2.47 bits per heavy atom. The maximum absolute atomic E-state index is 11.2. The Morgan fingerprint density at radius 2 is 1.93 bits per heavy atom. The van der Waals surface area contributed by atoms with Crippen LogP contribution in [0.4, 0.5) is 10.5 Å². The van der Waals surface area contributed by atoms with Gasteiger partial charge in [-0.3, -0.25) is 0 Å². The Kier molecular flexibility index (Phi) is 4.46. The Bertz CT molecular complexity index is 362. The molecule has 0 aromatic heterocycles. The molecule has 0 atom stereocenters. The van der Waals surface area contributed by atoms with Gasteiger partial charge in [-0.2, -0.15) is 0 Å². The van der Waals surface area contributed by atoms with Gasteiger partial charge in [0.05, 0.1) is 6.54 Å². The summed E-state index contributed by atoms with van der Waals surface area (Å²) in [6.45, 7) is 3.69. The van der Waals surface area contributed by atoms with Crippen LogP contribution in [0.5, 0.6) is 0 Å². The highest BCUT2D eigenvalue weighted by Gasteiger charge is 2.00. The number of halogens is 2. The second-order valence-corrected chi connectivity index (χ2v) is 3.80. The van der Waals surface area contributed by atoms with Crippen molar-refractivity contribution in [2.24, 2.45) is 0 Å². The van der Waals surface area contributed by atoms with Crippen molar-refractivity contribution in [3.8, 4) is 0 Å². The predicted molar refractivity (Wildman–Crippen MR) is 63.5 cm³/mol. The molecular weight excluding hydrogens is 235 g/mol. The molecule has 0 saturated heterocycles. The number of hydrogen-bond acceptors (Lipinski definition) is 1. The first-order valence-electron chi connectivity index (χ1n) is 4.21. The van der Waals surface area contributed by atoms with Crippen LogP contribution < -0.4 is 10.6 Å². The van der Waals surface area contributed by atoms with Gasteiger partial charge in [-0.15, -0.1) is 0 Å². The maximum atomic E-state index is 11.2. The van der Waals surface area contributed by atoms with E-state index in [1.807, 2.05) is 0 Å². The van der Waals surface area contributed by atoms with Gasteiger partial charge in [-0.1, -0.05) is 29.8 Å². The molecule has 0 spiro atoms. The summed E-state index contributed by atoms with van der Waals surface area (Å²) in [4.78, 5) is 11.2. The minimum atomic E-state index is -0.334. The molecule has 0 aliphatic carbocycles. The van der Waals surface area contributed by atoms with Gasteiger partial charge in [0, 0.05) is 15.7 Å². The highest BCUT2D eigenvalue weighted by atomic mass is 35.5. The monoisotopic (exact) mass is 244 g/mol. The number of benzene rings is 1. The molecule has 1 aromatic rings. The quantitative estimate of drug-likeness (QED) is 0.843. The number of urea groups is 1. The van der Waals surface area contributed by atoms with Crippen LogP contribution in [0.2, 0.25) is 5.02 Å². The molecule has 0 fully saturated rings. The van der Waals surface area contributed by atoms with Crippen molar-refractivity contribution in [3.05, 3.63) is 40.9 Å². The highest BCUT2D eigenvalue weighted by Crippen LogP contribution is 2.12. The van der Waals surface area contributed by atoms with E-state index in [4.69, 9.17) is 23.2 Å². The van der Waals surface area contributed by atoms with Crippen molar-refractivity contribution in [3.63, 3.8) is 0 Å². The zero-order valence-corrected chi connectivity index (χ0v) is 9.40. The van der Waals surface area contributed by atoms with Gasteiger partial charge in [0.2, 0.25) is 0 Å². The second kappa shape index (κ2) is 5.63. The molecule has 0 heterocycles. The van der Waals surface area contributed by atoms with Gasteiger partial charge in [0.15, 0.2) is 0 Å². The van der Waals surface area contributed by atoms with Gasteiger partial charge in [-0.05, 0) is 24.3 Å². The summed E-state index contributed by atoms with van der Waals surface area (Å²) in [6.07, 6.45) is 0. The number of carbonyl (C=O) groups excluding carboxylic acids is 1. The predicted octanol–water partition coefficient (Wildman–Crippen LogP) is 3.21. The van der Waals surface area contributed by atoms with Crippen LogP contribution in [0.1, 0.15) is 0 Å². The summed E-state index contributed by atoms with van der Waals surface area (Å²) in [7, 11) is 0. The zero-order valence-electron chi connectivity index (χ0n) is 7.89. The number of hydrogen-bond donors (Lipinski definition) is 2. The molecule has 80 valence electrons. The third kappa shape index (κ3) is 4.72. The summed E-state index contributed by atoms with van der Waals surface area (Å²) in [5.41, 5.74) is 0.664. The Hall–Kier alpha value is -1.19. The summed E-state index contributed by atoms with van der Waals surface area (Å²) in [5.74, 6) is 0. The molecule has 1 rings (SSSR count). The van der Waals surface area contributed by atoms with Gasteiger partial charge in [0.25, 0.3) is 0 Å². The van der Waals surface area contributed by atoms with Crippen LogP contribution in [0.15, 0.2) is 35.9 Å². The normalized spacial score (nSPS) is 9.47. The van der Waals surface area contributed by atoms with E-state index in [1.54, 1.807) is 24.3 Å². The summed E-state index contributed by atoms with van der Waals surface area (Å²) in [6, 6.07) is 6.46. The fraction of sp³-hybridized carbons (Fsp3) is 0.100. The Labute approximate surface area is 98.1 Å². The van der Waals surface area contributed by atoms with Gasteiger partial charge in [0.1, 0.15) is 0 Å². The van der Waals surface area contributed by atoms with Crippen molar-refractivity contribution in [1.29, 1.82) is 0 Å². The van der Waals surface area contributed by atoms with Gasteiger partial charge >= 0.3 is 6.03 Å². The van der Waals surface area contributed by atoms with Crippen LogP contribution in [0.3, 0.4) is 0 Å². The lowest BCUT2D eigenvalue weighted by Gasteiger charge is -2.06. The molecule has 0 unspecified atom stereocenters. The minimum absolute atomic E-state index is 0.237. The number of nitrogens with one attached hydrogen (secondary N) is 2. The van der Waals surface area contributed by atoms with Crippen molar-refractivity contribution in [2.45, 2.75) is 0 Å². The van der Waals surface area contributed by atoms with Crippen molar-refractivity contribution in [1.82, 2.24) is 5.32 Å². The molecule has 2 amide bonds. The van der Waals surface area contributed by atoms with Gasteiger partial charge in [-0.25, -0.2) is 4.79 Å². The third-order valence-corrected chi connectivity index (χ3v) is 1.93. The molecule has 0 aliphatic rings. The summed E-state index contributed by atoms with van der Waals surface area (Å²) >= 11 is 11.2. The number of rotatable bonds is 3. The first-order chi connectivity index (χ1) is 7.08. The Morgan fingerprint density at radius 1 is 1.33 bits per heavy atom. The van der Waals surface area contributed by atoms with Gasteiger partial charge < -0.3 is 10.6 Å². The average molecular weight is 245 g/mol. The third-order valence-electron chi connectivity index (χ3n) is 1.54.